The van der Waals surface area contributed by atoms with E-state index in [1.807, 2.05) is 0 Å². The Bertz CT molecular complexity index is 245. The van der Waals surface area contributed by atoms with Gasteiger partial charge in [-0.2, -0.15) is 0 Å². The van der Waals surface area contributed by atoms with Gasteiger partial charge in [-0.3, -0.25) is 9.89 Å². The maximum Gasteiger partial charge on any atom is 0.191 e. The van der Waals surface area contributed by atoms with Crippen molar-refractivity contribution < 1.29 is 4.74 Å². The first-order valence-corrected chi connectivity index (χ1v) is 6.95. The van der Waals surface area contributed by atoms with Gasteiger partial charge in [0.1, 0.15) is 0 Å². The largest absolute Gasteiger partial charge is 0.383 e. The lowest BCUT2D eigenvalue weighted by Crippen LogP contribution is -2.45. The molecule has 0 aromatic rings. The van der Waals surface area contributed by atoms with Gasteiger partial charge in [-0.05, 0) is 26.3 Å². The Morgan fingerprint density at radius 2 is 2.11 bits per heavy atom. The predicted molar refractivity (Wildman–Crippen MR) is 76.1 cm³/mol. The van der Waals surface area contributed by atoms with Crippen molar-refractivity contribution in [2.45, 2.75) is 32.2 Å². The van der Waals surface area contributed by atoms with E-state index in [0.29, 0.717) is 6.61 Å². The van der Waals surface area contributed by atoms with Crippen molar-refractivity contribution in [1.82, 2.24) is 15.5 Å². The minimum Gasteiger partial charge on any atom is -0.383 e. The number of nitrogens with one attached hydrogen (secondary N) is 2. The van der Waals surface area contributed by atoms with E-state index in [9.17, 15) is 0 Å². The maximum atomic E-state index is 5.00. The Balaban J connectivity index is 2.14. The van der Waals surface area contributed by atoms with Crippen molar-refractivity contribution in [1.29, 1.82) is 0 Å². The van der Waals surface area contributed by atoms with Crippen LogP contribution in [0, 0.1) is 0 Å². The highest BCUT2D eigenvalue weighted by atomic mass is 16.5. The number of hydrogen-bond acceptors (Lipinski definition) is 3. The van der Waals surface area contributed by atoms with Gasteiger partial charge in [0.25, 0.3) is 0 Å². The summed E-state index contributed by atoms with van der Waals surface area (Å²) in [4.78, 5) is 6.74. The molecule has 0 aromatic heterocycles. The van der Waals surface area contributed by atoms with E-state index >= 15 is 0 Å². The molecule has 1 saturated heterocycles. The SMILES string of the molecule is CN=C(NCCOC)NCCN1CCCCC1C. The molecular weight excluding hydrogens is 228 g/mol. The maximum absolute atomic E-state index is 5.00. The van der Waals surface area contributed by atoms with Gasteiger partial charge >= 0.3 is 0 Å². The van der Waals surface area contributed by atoms with Gasteiger partial charge in [0.05, 0.1) is 6.61 Å². The second kappa shape index (κ2) is 9.16. The number of piperidine rings is 1. The van der Waals surface area contributed by atoms with Crippen LogP contribution in [0.15, 0.2) is 4.99 Å². The third-order valence-electron chi connectivity index (χ3n) is 3.45. The van der Waals surface area contributed by atoms with Crippen LogP contribution in [-0.4, -0.2) is 63.8 Å². The number of ether oxygens (including phenoxy) is 1. The van der Waals surface area contributed by atoms with Crippen LogP contribution in [0.2, 0.25) is 0 Å². The van der Waals surface area contributed by atoms with Gasteiger partial charge in [-0.15, -0.1) is 0 Å². The Kier molecular flexibility index (Phi) is 7.76. The third kappa shape index (κ3) is 5.69. The molecule has 0 aliphatic carbocycles. The number of hydrogen-bond donors (Lipinski definition) is 2. The van der Waals surface area contributed by atoms with Crippen LogP contribution in [0.4, 0.5) is 0 Å². The molecule has 1 unspecified atom stereocenters. The van der Waals surface area contributed by atoms with E-state index in [1.165, 1.54) is 25.8 Å². The molecule has 0 saturated carbocycles. The van der Waals surface area contributed by atoms with Gasteiger partial charge in [0, 0.05) is 39.8 Å². The molecule has 1 aliphatic rings. The van der Waals surface area contributed by atoms with Crippen molar-refractivity contribution in [3.8, 4) is 0 Å². The van der Waals surface area contributed by atoms with E-state index < -0.39 is 0 Å². The molecule has 1 heterocycles. The minimum absolute atomic E-state index is 0.698. The number of rotatable bonds is 6. The Labute approximate surface area is 111 Å². The summed E-state index contributed by atoms with van der Waals surface area (Å²) in [7, 11) is 3.50. The van der Waals surface area contributed by atoms with Crippen molar-refractivity contribution in [2.24, 2.45) is 4.99 Å². The lowest BCUT2D eigenvalue weighted by atomic mass is 10.0. The first kappa shape index (κ1) is 15.2. The van der Waals surface area contributed by atoms with Crippen LogP contribution in [0.5, 0.6) is 0 Å². The van der Waals surface area contributed by atoms with E-state index in [0.717, 1.165) is 31.6 Å². The van der Waals surface area contributed by atoms with Crippen LogP contribution < -0.4 is 10.6 Å². The molecule has 18 heavy (non-hydrogen) atoms. The van der Waals surface area contributed by atoms with Crippen molar-refractivity contribution in [3.63, 3.8) is 0 Å². The number of nitrogens with zero attached hydrogens (tertiary/aromatic N) is 2. The predicted octanol–water partition coefficient (Wildman–Crippen LogP) is 0.672. The molecule has 0 spiro atoms. The van der Waals surface area contributed by atoms with Crippen LogP contribution in [0.3, 0.4) is 0 Å². The zero-order chi connectivity index (χ0) is 13.2. The average molecular weight is 256 g/mol. The van der Waals surface area contributed by atoms with Gasteiger partial charge in [0.15, 0.2) is 5.96 Å². The Morgan fingerprint density at radius 3 is 2.78 bits per heavy atom. The molecule has 5 nitrogen and oxygen atoms in total. The number of methoxy groups -OCH3 is 1. The summed E-state index contributed by atoms with van der Waals surface area (Å²) in [6.45, 7) is 7.08. The highest BCUT2D eigenvalue weighted by molar-refractivity contribution is 5.79. The smallest absolute Gasteiger partial charge is 0.191 e. The summed E-state index contributed by atoms with van der Waals surface area (Å²) in [6.07, 6.45) is 4.05. The summed E-state index contributed by atoms with van der Waals surface area (Å²) < 4.78 is 5.00. The van der Waals surface area contributed by atoms with Crippen molar-refractivity contribution in [2.75, 3.05) is 46.9 Å². The summed E-state index contributed by atoms with van der Waals surface area (Å²) >= 11 is 0. The Hall–Kier alpha value is -0.810. The first-order valence-electron chi connectivity index (χ1n) is 6.95. The fraction of sp³-hybridized carbons (Fsp3) is 0.923. The second-order valence-corrected chi connectivity index (χ2v) is 4.80. The molecule has 0 aromatic carbocycles. The van der Waals surface area contributed by atoms with Gasteiger partial charge in [0.2, 0.25) is 0 Å². The van der Waals surface area contributed by atoms with E-state index in [1.54, 1.807) is 14.2 Å². The van der Waals surface area contributed by atoms with Crippen LogP contribution in [0.1, 0.15) is 26.2 Å². The van der Waals surface area contributed by atoms with Crippen LogP contribution in [-0.2, 0) is 4.74 Å². The van der Waals surface area contributed by atoms with Gasteiger partial charge in [-0.1, -0.05) is 6.42 Å². The van der Waals surface area contributed by atoms with E-state index in [-0.39, 0.29) is 0 Å². The van der Waals surface area contributed by atoms with Crippen molar-refractivity contribution in [3.05, 3.63) is 0 Å². The summed E-state index contributed by atoms with van der Waals surface area (Å²) in [5, 5.41) is 6.55. The fourth-order valence-corrected chi connectivity index (χ4v) is 2.30. The molecule has 2 N–H and O–H groups in total. The first-order chi connectivity index (χ1) is 8.77. The lowest BCUT2D eigenvalue weighted by Gasteiger charge is -2.33. The molecule has 1 rings (SSSR count). The van der Waals surface area contributed by atoms with Crippen LogP contribution in [0.25, 0.3) is 0 Å². The second-order valence-electron chi connectivity index (χ2n) is 4.80. The molecule has 0 amide bonds. The molecule has 5 heteroatoms. The zero-order valence-electron chi connectivity index (χ0n) is 12.0. The lowest BCUT2D eigenvalue weighted by molar-refractivity contribution is 0.163. The molecule has 1 aliphatic heterocycles. The molecule has 106 valence electrons. The molecule has 1 fully saturated rings. The minimum atomic E-state index is 0.698. The summed E-state index contributed by atoms with van der Waals surface area (Å²) in [5.74, 6) is 0.858. The summed E-state index contributed by atoms with van der Waals surface area (Å²) in [5.41, 5.74) is 0. The zero-order valence-corrected chi connectivity index (χ0v) is 12.0. The molecular formula is C13H28N4O. The Morgan fingerprint density at radius 1 is 1.33 bits per heavy atom. The monoisotopic (exact) mass is 256 g/mol. The van der Waals surface area contributed by atoms with Gasteiger partial charge in [-0.25, -0.2) is 0 Å². The molecule has 0 radical (unpaired) electrons. The normalized spacial score (nSPS) is 21.9. The highest BCUT2D eigenvalue weighted by Gasteiger charge is 2.17. The molecule has 1 atom stereocenters. The summed E-state index contributed by atoms with van der Waals surface area (Å²) in [6, 6.07) is 0.726. The van der Waals surface area contributed by atoms with Crippen molar-refractivity contribution >= 4 is 5.96 Å². The van der Waals surface area contributed by atoms with E-state index in [4.69, 9.17) is 4.74 Å². The van der Waals surface area contributed by atoms with E-state index in [2.05, 4.69) is 27.4 Å². The number of aliphatic imine (C=N–C) groups is 1. The fourth-order valence-electron chi connectivity index (χ4n) is 2.30. The molecule has 0 bridgehead atoms. The number of likely N-dealkylation sites (tertiary alicyclic amines) is 1. The number of guanidine groups is 1. The van der Waals surface area contributed by atoms with Gasteiger partial charge < -0.3 is 15.4 Å². The highest BCUT2D eigenvalue weighted by Crippen LogP contribution is 2.15. The standard InChI is InChI=1S/C13H28N4O/c1-12-6-4-5-9-17(12)10-7-15-13(14-2)16-8-11-18-3/h12H,4-11H2,1-3H3,(H2,14,15,16). The quantitative estimate of drug-likeness (QED) is 0.417. The van der Waals surface area contributed by atoms with Crippen LogP contribution >= 0.6 is 0 Å². The topological polar surface area (TPSA) is 48.9 Å². The third-order valence-corrected chi connectivity index (χ3v) is 3.45. The average Bonchev–Trinajstić information content (AvgIpc) is 2.39.